The summed E-state index contributed by atoms with van der Waals surface area (Å²) in [6.07, 6.45) is 0. The molecule has 1 amide bonds. The van der Waals surface area contributed by atoms with Crippen molar-refractivity contribution in [1.82, 2.24) is 5.43 Å². The fourth-order valence-electron chi connectivity index (χ4n) is 2.31. The van der Waals surface area contributed by atoms with Crippen LogP contribution in [0.3, 0.4) is 0 Å². The normalized spacial score (nSPS) is 11.5. The zero-order valence-electron chi connectivity index (χ0n) is 14.8. The molecule has 0 fully saturated rings. The second kappa shape index (κ2) is 8.29. The van der Waals surface area contributed by atoms with Crippen LogP contribution in [-0.4, -0.2) is 18.2 Å². The summed E-state index contributed by atoms with van der Waals surface area (Å²) in [5.74, 6) is 0.333. The van der Waals surface area contributed by atoms with E-state index in [0.717, 1.165) is 22.5 Å². The van der Waals surface area contributed by atoms with E-state index in [9.17, 15) is 4.79 Å². The molecular formula is C20H25N3O. The second-order valence-corrected chi connectivity index (χ2v) is 6.18. The number of hydrogen-bond donors (Lipinski definition) is 2. The summed E-state index contributed by atoms with van der Waals surface area (Å²) < 4.78 is 0. The van der Waals surface area contributed by atoms with Gasteiger partial charge in [0, 0.05) is 5.69 Å². The van der Waals surface area contributed by atoms with E-state index in [1.807, 2.05) is 50.2 Å². The highest BCUT2D eigenvalue weighted by Crippen LogP contribution is 2.15. The molecule has 126 valence electrons. The fourth-order valence-corrected chi connectivity index (χ4v) is 2.31. The number of anilines is 1. The Balaban J connectivity index is 1.89. The summed E-state index contributed by atoms with van der Waals surface area (Å²) in [4.78, 5) is 11.9. The zero-order chi connectivity index (χ0) is 17.5. The van der Waals surface area contributed by atoms with Gasteiger partial charge in [0.25, 0.3) is 5.91 Å². The molecule has 0 saturated heterocycles. The van der Waals surface area contributed by atoms with Gasteiger partial charge in [0.05, 0.1) is 12.3 Å². The quantitative estimate of drug-likeness (QED) is 0.622. The number of hydrazone groups is 1. The highest BCUT2D eigenvalue weighted by atomic mass is 16.2. The molecule has 2 N–H and O–H groups in total. The average molecular weight is 323 g/mol. The second-order valence-electron chi connectivity index (χ2n) is 6.18. The van der Waals surface area contributed by atoms with Gasteiger partial charge in [-0.1, -0.05) is 56.3 Å². The number of carbonyl (C=O) groups excluding carboxylic acids is 1. The van der Waals surface area contributed by atoms with Gasteiger partial charge in [-0.2, -0.15) is 5.10 Å². The molecule has 0 radical (unpaired) electrons. The summed E-state index contributed by atoms with van der Waals surface area (Å²) >= 11 is 0. The Morgan fingerprint density at radius 1 is 1.08 bits per heavy atom. The Hall–Kier alpha value is -2.62. The smallest absolute Gasteiger partial charge is 0.259 e. The molecule has 0 heterocycles. The van der Waals surface area contributed by atoms with Crippen LogP contribution in [0.5, 0.6) is 0 Å². The van der Waals surface area contributed by atoms with Gasteiger partial charge in [0.1, 0.15) is 0 Å². The standard InChI is InChI=1S/C20H25N3O/c1-14(2)17-9-11-18(12-10-17)16(4)22-23-20(24)13-21-19-8-6-5-7-15(19)3/h5-12,14,21H,13H2,1-4H3,(H,23,24). The van der Waals surface area contributed by atoms with Crippen molar-refractivity contribution in [2.75, 3.05) is 11.9 Å². The Morgan fingerprint density at radius 3 is 2.38 bits per heavy atom. The van der Waals surface area contributed by atoms with E-state index >= 15 is 0 Å². The van der Waals surface area contributed by atoms with E-state index in [2.05, 4.69) is 41.8 Å². The van der Waals surface area contributed by atoms with Crippen molar-refractivity contribution in [2.24, 2.45) is 5.10 Å². The lowest BCUT2D eigenvalue weighted by Gasteiger charge is -2.09. The maximum atomic E-state index is 11.9. The van der Waals surface area contributed by atoms with E-state index in [1.165, 1.54) is 5.56 Å². The number of hydrogen-bond acceptors (Lipinski definition) is 3. The number of aryl methyl sites for hydroxylation is 1. The van der Waals surface area contributed by atoms with Crippen LogP contribution in [0.25, 0.3) is 0 Å². The first-order chi connectivity index (χ1) is 11.5. The molecule has 0 saturated carbocycles. The number of nitrogens with one attached hydrogen (secondary N) is 2. The van der Waals surface area contributed by atoms with Crippen LogP contribution < -0.4 is 10.7 Å². The minimum atomic E-state index is -0.170. The fraction of sp³-hybridized carbons (Fsp3) is 0.300. The summed E-state index contributed by atoms with van der Waals surface area (Å²) in [5, 5.41) is 7.30. The molecule has 2 aromatic rings. The average Bonchev–Trinajstić information content (AvgIpc) is 2.59. The molecule has 4 heteroatoms. The van der Waals surface area contributed by atoms with E-state index in [4.69, 9.17) is 0 Å². The van der Waals surface area contributed by atoms with Gasteiger partial charge in [0.2, 0.25) is 0 Å². The molecule has 0 aliphatic rings. The minimum absolute atomic E-state index is 0.170. The molecule has 0 aliphatic heterocycles. The van der Waals surface area contributed by atoms with Gasteiger partial charge in [0.15, 0.2) is 0 Å². The van der Waals surface area contributed by atoms with Gasteiger partial charge in [-0.3, -0.25) is 4.79 Å². The van der Waals surface area contributed by atoms with Crippen LogP contribution in [0.2, 0.25) is 0 Å². The molecule has 24 heavy (non-hydrogen) atoms. The third kappa shape index (κ3) is 4.95. The van der Waals surface area contributed by atoms with Gasteiger partial charge in [-0.05, 0) is 42.5 Å². The molecule has 2 rings (SSSR count). The van der Waals surface area contributed by atoms with Crippen molar-refractivity contribution in [3.63, 3.8) is 0 Å². The number of amides is 1. The Labute approximate surface area is 144 Å². The summed E-state index contributed by atoms with van der Waals surface area (Å²) in [7, 11) is 0. The van der Waals surface area contributed by atoms with Crippen molar-refractivity contribution >= 4 is 17.3 Å². The third-order valence-corrected chi connectivity index (χ3v) is 3.93. The molecular weight excluding hydrogens is 298 g/mol. The molecule has 0 atom stereocenters. The van der Waals surface area contributed by atoms with Gasteiger partial charge < -0.3 is 5.32 Å². The molecule has 0 unspecified atom stereocenters. The molecule has 0 spiro atoms. The van der Waals surface area contributed by atoms with E-state index in [-0.39, 0.29) is 12.5 Å². The highest BCUT2D eigenvalue weighted by Gasteiger charge is 2.04. The Bertz CT molecular complexity index is 718. The summed E-state index contributed by atoms with van der Waals surface area (Å²) in [6, 6.07) is 16.1. The lowest BCUT2D eigenvalue weighted by Crippen LogP contribution is -2.27. The van der Waals surface area contributed by atoms with Crippen LogP contribution in [0.15, 0.2) is 53.6 Å². The first kappa shape index (κ1) is 17.7. The van der Waals surface area contributed by atoms with E-state index < -0.39 is 0 Å². The van der Waals surface area contributed by atoms with Crippen molar-refractivity contribution < 1.29 is 4.79 Å². The molecule has 0 bridgehead atoms. The molecule has 4 nitrogen and oxygen atoms in total. The van der Waals surface area contributed by atoms with Crippen LogP contribution >= 0.6 is 0 Å². The predicted octanol–water partition coefficient (Wildman–Crippen LogP) is 4.07. The van der Waals surface area contributed by atoms with Gasteiger partial charge >= 0.3 is 0 Å². The Morgan fingerprint density at radius 2 is 1.75 bits per heavy atom. The number of carbonyl (C=O) groups is 1. The van der Waals surface area contributed by atoms with E-state index in [1.54, 1.807) is 0 Å². The minimum Gasteiger partial charge on any atom is -0.376 e. The van der Waals surface area contributed by atoms with Crippen molar-refractivity contribution in [2.45, 2.75) is 33.6 Å². The number of para-hydroxylation sites is 1. The van der Waals surface area contributed by atoms with Gasteiger partial charge in [-0.15, -0.1) is 0 Å². The van der Waals surface area contributed by atoms with Crippen LogP contribution in [-0.2, 0) is 4.79 Å². The molecule has 0 aromatic heterocycles. The van der Waals surface area contributed by atoms with Crippen LogP contribution in [0.4, 0.5) is 5.69 Å². The van der Waals surface area contributed by atoms with Gasteiger partial charge in [-0.25, -0.2) is 5.43 Å². The lowest BCUT2D eigenvalue weighted by molar-refractivity contribution is -0.119. The van der Waals surface area contributed by atoms with Crippen LogP contribution in [0.1, 0.15) is 43.4 Å². The topological polar surface area (TPSA) is 53.5 Å². The largest absolute Gasteiger partial charge is 0.376 e. The highest BCUT2D eigenvalue weighted by molar-refractivity contribution is 5.99. The maximum Gasteiger partial charge on any atom is 0.259 e. The number of rotatable bonds is 6. The lowest BCUT2D eigenvalue weighted by atomic mass is 10.0. The van der Waals surface area contributed by atoms with Crippen molar-refractivity contribution in [3.05, 3.63) is 65.2 Å². The maximum absolute atomic E-state index is 11.9. The molecule has 2 aromatic carbocycles. The summed E-state index contributed by atoms with van der Waals surface area (Å²) in [6.45, 7) is 8.41. The van der Waals surface area contributed by atoms with Crippen molar-refractivity contribution in [3.8, 4) is 0 Å². The first-order valence-corrected chi connectivity index (χ1v) is 8.20. The summed E-state index contributed by atoms with van der Waals surface area (Å²) in [5.41, 5.74) is 7.74. The van der Waals surface area contributed by atoms with Crippen molar-refractivity contribution in [1.29, 1.82) is 0 Å². The van der Waals surface area contributed by atoms with E-state index in [0.29, 0.717) is 5.92 Å². The predicted molar refractivity (Wildman–Crippen MR) is 101 cm³/mol. The zero-order valence-corrected chi connectivity index (χ0v) is 14.8. The molecule has 0 aliphatic carbocycles. The SMILES string of the molecule is CC(=NNC(=O)CNc1ccccc1C)c1ccc(C(C)C)cc1. The third-order valence-electron chi connectivity index (χ3n) is 3.93. The Kier molecular flexibility index (Phi) is 6.13. The van der Waals surface area contributed by atoms with Crippen LogP contribution in [0, 0.1) is 6.92 Å². The first-order valence-electron chi connectivity index (χ1n) is 8.20. The number of benzene rings is 2. The number of nitrogens with zero attached hydrogens (tertiary/aromatic N) is 1. The monoisotopic (exact) mass is 323 g/mol.